The van der Waals surface area contributed by atoms with E-state index in [2.05, 4.69) is 15.0 Å². The number of aromatic nitrogens is 3. The number of carbonyl (C=O) groups excluding carboxylic acids is 2. The second-order valence-electron chi connectivity index (χ2n) is 6.87. The molecule has 1 N–H and O–H groups in total. The van der Waals surface area contributed by atoms with Gasteiger partial charge in [0.25, 0.3) is 0 Å². The van der Waals surface area contributed by atoms with E-state index < -0.39 is 0 Å². The number of hydrogen-bond acceptors (Lipinski definition) is 4. The number of pyridine rings is 1. The van der Waals surface area contributed by atoms with Crippen molar-refractivity contribution in [3.63, 3.8) is 0 Å². The van der Waals surface area contributed by atoms with Crippen LogP contribution in [0.2, 0.25) is 0 Å². The number of H-pyrrole nitrogens is 1. The normalized spacial score (nSPS) is 20.2. The number of piperidine rings is 1. The Bertz CT molecular complexity index is 788. The number of hydrogen-bond donors (Lipinski definition) is 1. The van der Waals surface area contributed by atoms with Crippen LogP contribution in [0.5, 0.6) is 0 Å². The number of fused-ring (bicyclic) bond motifs is 1. The lowest BCUT2D eigenvalue weighted by atomic mass is 9.96. The molecule has 1 fully saturated rings. The summed E-state index contributed by atoms with van der Waals surface area (Å²) < 4.78 is 0. The molecule has 7 nitrogen and oxygen atoms in total. The molecule has 2 amide bonds. The van der Waals surface area contributed by atoms with Gasteiger partial charge >= 0.3 is 0 Å². The van der Waals surface area contributed by atoms with Crippen LogP contribution >= 0.6 is 0 Å². The van der Waals surface area contributed by atoms with Crippen molar-refractivity contribution in [1.29, 1.82) is 0 Å². The van der Waals surface area contributed by atoms with Crippen molar-refractivity contribution in [3.8, 4) is 0 Å². The molecule has 0 unspecified atom stereocenters. The molecule has 0 radical (unpaired) electrons. The van der Waals surface area contributed by atoms with Crippen LogP contribution in [0.15, 0.2) is 30.9 Å². The van der Waals surface area contributed by atoms with Crippen LogP contribution in [-0.4, -0.2) is 56.2 Å². The summed E-state index contributed by atoms with van der Waals surface area (Å²) in [6.45, 7) is 1.92. The van der Waals surface area contributed by atoms with E-state index in [4.69, 9.17) is 0 Å². The van der Waals surface area contributed by atoms with Gasteiger partial charge in [0.05, 0.1) is 12.0 Å². The third-order valence-corrected chi connectivity index (χ3v) is 5.28. The van der Waals surface area contributed by atoms with Gasteiger partial charge in [-0.2, -0.15) is 0 Å². The summed E-state index contributed by atoms with van der Waals surface area (Å²) in [4.78, 5) is 40.4. The standard InChI is InChI=1S/C19H23N5O2/c25-16-3-1-2-10-23(16)11-7-17(26)24-12-6-15-18(22-13-21-15)19(24)14-4-8-20-9-5-14/h4-5,8-9,13,19H,1-3,6-7,10-12H2,(H,21,22)/t19-/m1/s1. The highest BCUT2D eigenvalue weighted by Gasteiger charge is 2.34. The Morgan fingerprint density at radius 1 is 1.19 bits per heavy atom. The van der Waals surface area contributed by atoms with Crippen molar-refractivity contribution in [2.24, 2.45) is 0 Å². The van der Waals surface area contributed by atoms with E-state index >= 15 is 0 Å². The first-order chi connectivity index (χ1) is 12.7. The molecular weight excluding hydrogens is 330 g/mol. The Morgan fingerprint density at radius 2 is 2.04 bits per heavy atom. The molecule has 2 aliphatic heterocycles. The van der Waals surface area contributed by atoms with Crippen LogP contribution in [0, 0.1) is 0 Å². The minimum absolute atomic E-state index is 0.0684. The van der Waals surface area contributed by atoms with Crippen molar-refractivity contribution in [1.82, 2.24) is 24.8 Å². The van der Waals surface area contributed by atoms with Gasteiger partial charge in [-0.05, 0) is 30.5 Å². The predicted molar refractivity (Wildman–Crippen MR) is 95.1 cm³/mol. The molecule has 136 valence electrons. The summed E-state index contributed by atoms with van der Waals surface area (Å²) in [6, 6.07) is 3.67. The highest BCUT2D eigenvalue weighted by Crippen LogP contribution is 2.33. The van der Waals surface area contributed by atoms with Crippen molar-refractivity contribution < 1.29 is 9.59 Å². The van der Waals surface area contributed by atoms with Crippen molar-refractivity contribution in [2.45, 2.75) is 38.1 Å². The molecule has 1 atom stereocenters. The van der Waals surface area contributed by atoms with Gasteiger partial charge in [-0.1, -0.05) is 0 Å². The summed E-state index contributed by atoms with van der Waals surface area (Å²) in [5.41, 5.74) is 3.00. The molecule has 4 rings (SSSR count). The molecule has 2 aromatic rings. The number of likely N-dealkylation sites (tertiary alicyclic amines) is 1. The maximum atomic E-state index is 13.0. The fourth-order valence-electron chi connectivity index (χ4n) is 3.90. The maximum Gasteiger partial charge on any atom is 0.225 e. The number of imidazole rings is 1. The predicted octanol–water partition coefficient (Wildman–Crippen LogP) is 1.68. The lowest BCUT2D eigenvalue weighted by molar-refractivity contribution is -0.136. The Morgan fingerprint density at radius 3 is 2.85 bits per heavy atom. The van der Waals surface area contributed by atoms with Crippen LogP contribution in [0.4, 0.5) is 0 Å². The molecule has 2 aliphatic rings. The quantitative estimate of drug-likeness (QED) is 0.907. The number of nitrogens with one attached hydrogen (secondary N) is 1. The van der Waals surface area contributed by atoms with E-state index in [-0.39, 0.29) is 17.9 Å². The average Bonchev–Trinajstić information content (AvgIpc) is 3.16. The van der Waals surface area contributed by atoms with Gasteiger partial charge in [-0.15, -0.1) is 0 Å². The Hall–Kier alpha value is -2.70. The van der Waals surface area contributed by atoms with Gasteiger partial charge in [0.15, 0.2) is 0 Å². The smallest absolute Gasteiger partial charge is 0.225 e. The molecule has 2 aromatic heterocycles. The minimum Gasteiger partial charge on any atom is -0.348 e. The van der Waals surface area contributed by atoms with Gasteiger partial charge in [0.1, 0.15) is 6.04 Å². The van der Waals surface area contributed by atoms with Gasteiger partial charge in [-0.3, -0.25) is 14.6 Å². The van der Waals surface area contributed by atoms with E-state index in [0.29, 0.717) is 25.9 Å². The average molecular weight is 353 g/mol. The second-order valence-corrected chi connectivity index (χ2v) is 6.87. The monoisotopic (exact) mass is 353 g/mol. The number of nitrogens with zero attached hydrogens (tertiary/aromatic N) is 4. The van der Waals surface area contributed by atoms with E-state index in [9.17, 15) is 9.59 Å². The van der Waals surface area contributed by atoms with Crippen LogP contribution < -0.4 is 0 Å². The van der Waals surface area contributed by atoms with E-state index in [1.54, 1.807) is 18.7 Å². The second kappa shape index (κ2) is 7.27. The molecule has 0 spiro atoms. The largest absolute Gasteiger partial charge is 0.348 e. The van der Waals surface area contributed by atoms with Gasteiger partial charge < -0.3 is 14.8 Å². The zero-order chi connectivity index (χ0) is 17.9. The summed E-state index contributed by atoms with van der Waals surface area (Å²) in [7, 11) is 0. The number of carbonyl (C=O) groups is 2. The summed E-state index contributed by atoms with van der Waals surface area (Å²) in [5.74, 6) is 0.238. The Balaban J connectivity index is 1.52. The molecule has 0 saturated carbocycles. The van der Waals surface area contributed by atoms with Crippen LogP contribution in [0.1, 0.15) is 48.7 Å². The van der Waals surface area contributed by atoms with E-state index in [1.165, 1.54) is 0 Å². The number of rotatable bonds is 4. The van der Waals surface area contributed by atoms with Crippen molar-refractivity contribution in [2.75, 3.05) is 19.6 Å². The molecule has 0 aromatic carbocycles. The summed E-state index contributed by atoms with van der Waals surface area (Å²) in [6.07, 6.45) is 8.89. The molecule has 26 heavy (non-hydrogen) atoms. The topological polar surface area (TPSA) is 82.2 Å². The van der Waals surface area contributed by atoms with Crippen LogP contribution in [0.3, 0.4) is 0 Å². The molecule has 0 aliphatic carbocycles. The minimum atomic E-state index is -0.197. The van der Waals surface area contributed by atoms with Crippen molar-refractivity contribution >= 4 is 11.8 Å². The molecule has 7 heteroatoms. The van der Waals surface area contributed by atoms with Gasteiger partial charge in [0.2, 0.25) is 11.8 Å². The number of aromatic amines is 1. The van der Waals surface area contributed by atoms with E-state index in [0.717, 1.165) is 42.8 Å². The molecule has 4 heterocycles. The van der Waals surface area contributed by atoms with Crippen molar-refractivity contribution in [3.05, 3.63) is 47.8 Å². The van der Waals surface area contributed by atoms with Gasteiger partial charge in [-0.25, -0.2) is 4.98 Å². The zero-order valence-corrected chi connectivity index (χ0v) is 14.7. The first kappa shape index (κ1) is 16.8. The van der Waals surface area contributed by atoms with Crippen LogP contribution in [0.25, 0.3) is 0 Å². The van der Waals surface area contributed by atoms with E-state index in [1.807, 2.05) is 21.9 Å². The Kier molecular flexibility index (Phi) is 4.69. The highest BCUT2D eigenvalue weighted by atomic mass is 16.2. The third kappa shape index (κ3) is 3.21. The molecule has 1 saturated heterocycles. The third-order valence-electron chi connectivity index (χ3n) is 5.28. The zero-order valence-electron chi connectivity index (χ0n) is 14.7. The number of amides is 2. The Labute approximate surface area is 152 Å². The SMILES string of the molecule is O=C1CCCCN1CCC(=O)N1CCc2[nH]cnc2[C@H]1c1ccncc1. The first-order valence-electron chi connectivity index (χ1n) is 9.23. The summed E-state index contributed by atoms with van der Waals surface area (Å²) in [5, 5.41) is 0. The fraction of sp³-hybridized carbons (Fsp3) is 0.474. The first-order valence-corrected chi connectivity index (χ1v) is 9.23. The highest BCUT2D eigenvalue weighted by molar-refractivity contribution is 5.80. The maximum absolute atomic E-state index is 13.0. The molecule has 0 bridgehead atoms. The lowest BCUT2D eigenvalue weighted by Crippen LogP contribution is -2.43. The van der Waals surface area contributed by atoms with Gasteiger partial charge in [0, 0.05) is 57.0 Å². The summed E-state index contributed by atoms with van der Waals surface area (Å²) >= 11 is 0. The molecular formula is C19H23N5O2. The van der Waals surface area contributed by atoms with Crippen LogP contribution in [-0.2, 0) is 16.0 Å². The lowest BCUT2D eigenvalue weighted by Gasteiger charge is -2.36. The fourth-order valence-corrected chi connectivity index (χ4v) is 3.90.